The third kappa shape index (κ3) is 8.20. The van der Waals surface area contributed by atoms with Gasteiger partial charge in [0.15, 0.2) is 0 Å². The van der Waals surface area contributed by atoms with Gasteiger partial charge in [-0.25, -0.2) is 0 Å². The molecule has 3 heteroatoms. The molecule has 0 aromatic carbocycles. The second-order valence-electron chi connectivity index (χ2n) is 3.45. The van der Waals surface area contributed by atoms with Gasteiger partial charge in [-0.05, 0) is 6.42 Å². The molecule has 0 heterocycles. The Morgan fingerprint density at radius 3 is 2.64 bits per heavy atom. The number of carbonyl (C=O) groups is 1. The van der Waals surface area contributed by atoms with Crippen LogP contribution < -0.4 is 0 Å². The fraction of sp³-hybridized carbons (Fsp3) is 0.909. The standard InChI is InChI=1S/C11H22O3/c1-3-4-5-6-7-11(8-9-12)14-10-13-2/h9,11H,3-8,10H2,1-2H3. The first-order valence-corrected chi connectivity index (χ1v) is 5.39. The molecule has 0 bridgehead atoms. The Hall–Kier alpha value is -0.410. The van der Waals surface area contributed by atoms with Gasteiger partial charge in [0.05, 0.1) is 6.10 Å². The molecule has 0 spiro atoms. The lowest BCUT2D eigenvalue weighted by atomic mass is 10.1. The lowest BCUT2D eigenvalue weighted by molar-refractivity contribution is -0.115. The molecule has 0 saturated heterocycles. The van der Waals surface area contributed by atoms with Crippen LogP contribution in [0.15, 0.2) is 0 Å². The van der Waals surface area contributed by atoms with Crippen LogP contribution in [0, 0.1) is 0 Å². The van der Waals surface area contributed by atoms with Crippen molar-refractivity contribution < 1.29 is 14.3 Å². The highest BCUT2D eigenvalue weighted by Crippen LogP contribution is 2.10. The predicted octanol–water partition coefficient (Wildman–Crippen LogP) is 2.53. The van der Waals surface area contributed by atoms with E-state index < -0.39 is 0 Å². The second kappa shape index (κ2) is 10.7. The van der Waals surface area contributed by atoms with E-state index in [1.165, 1.54) is 19.3 Å². The molecule has 0 amide bonds. The van der Waals surface area contributed by atoms with E-state index >= 15 is 0 Å². The number of ether oxygens (including phenoxy) is 2. The summed E-state index contributed by atoms with van der Waals surface area (Å²) in [7, 11) is 1.59. The van der Waals surface area contributed by atoms with E-state index in [-0.39, 0.29) is 12.9 Å². The Labute approximate surface area is 86.8 Å². The highest BCUT2D eigenvalue weighted by Gasteiger charge is 2.07. The summed E-state index contributed by atoms with van der Waals surface area (Å²) in [5.41, 5.74) is 0. The van der Waals surface area contributed by atoms with Crippen molar-refractivity contribution >= 4 is 6.29 Å². The molecule has 0 N–H and O–H groups in total. The molecule has 3 nitrogen and oxygen atoms in total. The normalized spacial score (nSPS) is 12.7. The largest absolute Gasteiger partial charge is 0.359 e. The van der Waals surface area contributed by atoms with E-state index in [2.05, 4.69) is 6.92 Å². The average Bonchev–Trinajstić information content (AvgIpc) is 2.20. The molecular formula is C11H22O3. The van der Waals surface area contributed by atoms with Crippen LogP contribution in [0.5, 0.6) is 0 Å². The Morgan fingerprint density at radius 2 is 2.07 bits per heavy atom. The fourth-order valence-electron chi connectivity index (χ4n) is 1.34. The Bertz CT molecular complexity index is 126. The van der Waals surface area contributed by atoms with Crippen LogP contribution in [0.3, 0.4) is 0 Å². The van der Waals surface area contributed by atoms with Crippen molar-refractivity contribution in [3.63, 3.8) is 0 Å². The van der Waals surface area contributed by atoms with Crippen LogP contribution in [-0.2, 0) is 14.3 Å². The first kappa shape index (κ1) is 13.6. The molecule has 0 fully saturated rings. The van der Waals surface area contributed by atoms with Gasteiger partial charge < -0.3 is 14.3 Å². The van der Waals surface area contributed by atoms with E-state index in [9.17, 15) is 4.79 Å². The van der Waals surface area contributed by atoms with E-state index in [0.29, 0.717) is 6.42 Å². The van der Waals surface area contributed by atoms with Crippen molar-refractivity contribution in [2.45, 2.75) is 51.6 Å². The molecule has 0 saturated carbocycles. The molecule has 14 heavy (non-hydrogen) atoms. The van der Waals surface area contributed by atoms with E-state index in [4.69, 9.17) is 9.47 Å². The van der Waals surface area contributed by atoms with Gasteiger partial charge in [0.2, 0.25) is 0 Å². The van der Waals surface area contributed by atoms with Gasteiger partial charge in [0.1, 0.15) is 13.1 Å². The van der Waals surface area contributed by atoms with Crippen molar-refractivity contribution in [3.8, 4) is 0 Å². The van der Waals surface area contributed by atoms with Gasteiger partial charge >= 0.3 is 0 Å². The zero-order chi connectivity index (χ0) is 10.6. The number of carbonyl (C=O) groups excluding carboxylic acids is 1. The summed E-state index contributed by atoms with van der Waals surface area (Å²) in [6.07, 6.45) is 7.26. The molecule has 0 aliphatic rings. The summed E-state index contributed by atoms with van der Waals surface area (Å²) in [5, 5.41) is 0. The SMILES string of the molecule is CCCCCCC(CC=O)OCOC. The highest BCUT2D eigenvalue weighted by molar-refractivity contribution is 5.50. The summed E-state index contributed by atoms with van der Waals surface area (Å²) in [6, 6.07) is 0. The molecule has 0 aromatic heterocycles. The summed E-state index contributed by atoms with van der Waals surface area (Å²) < 4.78 is 10.2. The minimum Gasteiger partial charge on any atom is -0.359 e. The first-order chi connectivity index (χ1) is 6.85. The van der Waals surface area contributed by atoms with Crippen LogP contribution in [-0.4, -0.2) is 26.3 Å². The molecular weight excluding hydrogens is 180 g/mol. The fourth-order valence-corrected chi connectivity index (χ4v) is 1.34. The highest BCUT2D eigenvalue weighted by atomic mass is 16.7. The van der Waals surface area contributed by atoms with E-state index in [1.54, 1.807) is 7.11 Å². The van der Waals surface area contributed by atoms with E-state index in [0.717, 1.165) is 19.1 Å². The number of rotatable bonds is 10. The number of hydrogen-bond donors (Lipinski definition) is 0. The monoisotopic (exact) mass is 202 g/mol. The van der Waals surface area contributed by atoms with E-state index in [1.807, 2.05) is 0 Å². The van der Waals surface area contributed by atoms with Gasteiger partial charge in [0.25, 0.3) is 0 Å². The average molecular weight is 202 g/mol. The Kier molecular flexibility index (Phi) is 10.4. The molecule has 0 aliphatic heterocycles. The number of hydrogen-bond acceptors (Lipinski definition) is 3. The molecule has 0 aromatic rings. The van der Waals surface area contributed by atoms with Gasteiger partial charge in [-0.1, -0.05) is 32.6 Å². The molecule has 0 rings (SSSR count). The molecule has 0 radical (unpaired) electrons. The van der Waals surface area contributed by atoms with Crippen molar-refractivity contribution in [2.24, 2.45) is 0 Å². The molecule has 1 unspecified atom stereocenters. The van der Waals surface area contributed by atoms with Gasteiger partial charge in [0, 0.05) is 13.5 Å². The number of aldehydes is 1. The summed E-state index contributed by atoms with van der Waals surface area (Å²) in [4.78, 5) is 10.3. The quantitative estimate of drug-likeness (QED) is 0.310. The lowest BCUT2D eigenvalue weighted by Gasteiger charge is -2.14. The van der Waals surface area contributed by atoms with Gasteiger partial charge in [-0.3, -0.25) is 0 Å². The smallest absolute Gasteiger partial charge is 0.146 e. The zero-order valence-corrected chi connectivity index (χ0v) is 9.33. The van der Waals surface area contributed by atoms with Crippen LogP contribution in [0.2, 0.25) is 0 Å². The van der Waals surface area contributed by atoms with Crippen molar-refractivity contribution in [3.05, 3.63) is 0 Å². The second-order valence-corrected chi connectivity index (χ2v) is 3.45. The van der Waals surface area contributed by atoms with Crippen LogP contribution in [0.1, 0.15) is 45.4 Å². The van der Waals surface area contributed by atoms with Crippen LogP contribution >= 0.6 is 0 Å². The summed E-state index contributed by atoms with van der Waals surface area (Å²) in [6.45, 7) is 2.47. The van der Waals surface area contributed by atoms with Crippen molar-refractivity contribution in [1.29, 1.82) is 0 Å². The maximum absolute atomic E-state index is 10.3. The van der Waals surface area contributed by atoms with Crippen LogP contribution in [0.25, 0.3) is 0 Å². The minimum atomic E-state index is 0.0457. The number of unbranched alkanes of at least 4 members (excludes halogenated alkanes) is 3. The Morgan fingerprint density at radius 1 is 1.29 bits per heavy atom. The summed E-state index contributed by atoms with van der Waals surface area (Å²) in [5.74, 6) is 0. The molecule has 84 valence electrons. The van der Waals surface area contributed by atoms with Gasteiger partial charge in [-0.2, -0.15) is 0 Å². The topological polar surface area (TPSA) is 35.5 Å². The summed E-state index contributed by atoms with van der Waals surface area (Å²) >= 11 is 0. The van der Waals surface area contributed by atoms with Crippen molar-refractivity contribution in [2.75, 3.05) is 13.9 Å². The molecule has 1 atom stereocenters. The van der Waals surface area contributed by atoms with Crippen molar-refractivity contribution in [1.82, 2.24) is 0 Å². The third-order valence-corrected chi connectivity index (χ3v) is 2.16. The lowest BCUT2D eigenvalue weighted by Crippen LogP contribution is -2.15. The maximum atomic E-state index is 10.3. The zero-order valence-electron chi connectivity index (χ0n) is 9.33. The minimum absolute atomic E-state index is 0.0457. The molecule has 0 aliphatic carbocycles. The maximum Gasteiger partial charge on any atom is 0.146 e. The Balaban J connectivity index is 3.45. The first-order valence-electron chi connectivity index (χ1n) is 5.39. The third-order valence-electron chi connectivity index (χ3n) is 2.16. The van der Waals surface area contributed by atoms with Gasteiger partial charge in [-0.15, -0.1) is 0 Å². The number of methoxy groups -OCH3 is 1. The van der Waals surface area contributed by atoms with Crippen LogP contribution in [0.4, 0.5) is 0 Å². The predicted molar refractivity (Wildman–Crippen MR) is 56.2 cm³/mol.